The van der Waals surface area contributed by atoms with Crippen molar-refractivity contribution in [2.75, 3.05) is 12.4 Å². The van der Waals surface area contributed by atoms with Gasteiger partial charge in [0.1, 0.15) is 11.6 Å². The molecule has 0 amide bonds. The second kappa shape index (κ2) is 6.17. The van der Waals surface area contributed by atoms with Gasteiger partial charge in [-0.25, -0.2) is 4.39 Å². The average molecular weight is 285 g/mol. The number of halogens is 1. The van der Waals surface area contributed by atoms with Crippen LogP contribution in [0.25, 0.3) is 0 Å². The van der Waals surface area contributed by atoms with E-state index in [1.165, 1.54) is 23.6 Å². The number of benzene rings is 2. The fourth-order valence-corrected chi connectivity index (χ4v) is 3.00. The quantitative estimate of drug-likeness (QED) is 0.824. The van der Waals surface area contributed by atoms with Gasteiger partial charge < -0.3 is 10.1 Å². The zero-order chi connectivity index (χ0) is 14.7. The van der Waals surface area contributed by atoms with E-state index in [1.807, 2.05) is 0 Å². The summed E-state index contributed by atoms with van der Waals surface area (Å²) in [7, 11) is 1.60. The summed E-state index contributed by atoms with van der Waals surface area (Å²) in [5.74, 6) is 0.429. The highest BCUT2D eigenvalue weighted by molar-refractivity contribution is 5.52. The van der Waals surface area contributed by atoms with E-state index in [1.54, 1.807) is 19.2 Å². The third-order valence-corrected chi connectivity index (χ3v) is 4.12. The topological polar surface area (TPSA) is 21.3 Å². The van der Waals surface area contributed by atoms with Crippen molar-refractivity contribution in [1.29, 1.82) is 0 Å². The molecule has 0 radical (unpaired) electrons. The molecule has 0 aliphatic heterocycles. The molecule has 0 saturated carbocycles. The first-order valence-corrected chi connectivity index (χ1v) is 7.46. The molecule has 1 N–H and O–H groups in total. The van der Waals surface area contributed by atoms with Crippen LogP contribution in [0, 0.1) is 5.82 Å². The Labute approximate surface area is 125 Å². The first kappa shape index (κ1) is 13.9. The molecular formula is C18H20FNO. The number of aryl methyl sites for hydroxylation is 1. The molecule has 21 heavy (non-hydrogen) atoms. The summed E-state index contributed by atoms with van der Waals surface area (Å²) in [6.07, 6.45) is 4.47. The normalized spacial score (nSPS) is 17.7. The first-order chi connectivity index (χ1) is 10.3. The molecule has 0 saturated heterocycles. The monoisotopic (exact) mass is 285 g/mol. The first-order valence-electron chi connectivity index (χ1n) is 7.46. The lowest BCUT2D eigenvalue weighted by molar-refractivity contribution is 0.414. The molecule has 0 fully saturated rings. The van der Waals surface area contributed by atoms with Crippen LogP contribution >= 0.6 is 0 Å². The lowest BCUT2D eigenvalue weighted by atomic mass is 9.99. The van der Waals surface area contributed by atoms with Crippen LogP contribution in [0.4, 0.5) is 10.1 Å². The number of ether oxygens (including phenoxy) is 1. The highest BCUT2D eigenvalue weighted by Crippen LogP contribution is 2.33. The van der Waals surface area contributed by atoms with Gasteiger partial charge in [-0.1, -0.05) is 30.7 Å². The Morgan fingerprint density at radius 3 is 2.86 bits per heavy atom. The molecule has 2 nitrogen and oxygen atoms in total. The SMILES string of the molecule is COc1ccc(F)c(NC2CCCCc3ccccc32)c1. The van der Waals surface area contributed by atoms with Crippen molar-refractivity contribution in [2.45, 2.75) is 31.7 Å². The summed E-state index contributed by atoms with van der Waals surface area (Å²) >= 11 is 0. The minimum atomic E-state index is -0.238. The number of fused-ring (bicyclic) bond motifs is 1. The van der Waals surface area contributed by atoms with Crippen molar-refractivity contribution < 1.29 is 9.13 Å². The van der Waals surface area contributed by atoms with Gasteiger partial charge in [0.25, 0.3) is 0 Å². The maximum absolute atomic E-state index is 14.0. The van der Waals surface area contributed by atoms with Crippen molar-refractivity contribution in [3.63, 3.8) is 0 Å². The number of rotatable bonds is 3. The van der Waals surface area contributed by atoms with Gasteiger partial charge in [-0.2, -0.15) is 0 Å². The van der Waals surface area contributed by atoms with Gasteiger partial charge >= 0.3 is 0 Å². The molecule has 0 bridgehead atoms. The van der Waals surface area contributed by atoms with Gasteiger partial charge in [0.2, 0.25) is 0 Å². The van der Waals surface area contributed by atoms with Gasteiger partial charge in [-0.15, -0.1) is 0 Å². The molecule has 3 rings (SSSR count). The van der Waals surface area contributed by atoms with Gasteiger partial charge in [-0.05, 0) is 42.5 Å². The van der Waals surface area contributed by atoms with E-state index in [4.69, 9.17) is 4.74 Å². The highest BCUT2D eigenvalue weighted by atomic mass is 19.1. The molecule has 110 valence electrons. The van der Waals surface area contributed by atoms with Gasteiger partial charge in [-0.3, -0.25) is 0 Å². The minimum Gasteiger partial charge on any atom is -0.497 e. The van der Waals surface area contributed by atoms with Crippen LogP contribution in [0.1, 0.15) is 36.4 Å². The maximum atomic E-state index is 14.0. The summed E-state index contributed by atoms with van der Waals surface area (Å²) in [6.45, 7) is 0. The van der Waals surface area contributed by atoms with Crippen molar-refractivity contribution in [3.8, 4) is 5.75 Å². The third kappa shape index (κ3) is 3.02. The van der Waals surface area contributed by atoms with Crippen molar-refractivity contribution >= 4 is 5.69 Å². The predicted octanol–water partition coefficient (Wildman–Crippen LogP) is 4.71. The molecular weight excluding hydrogens is 265 g/mol. The summed E-state index contributed by atoms with van der Waals surface area (Å²) in [6, 6.07) is 13.4. The minimum absolute atomic E-state index is 0.158. The number of methoxy groups -OCH3 is 1. The van der Waals surface area contributed by atoms with E-state index in [0.29, 0.717) is 11.4 Å². The molecule has 0 spiro atoms. The number of nitrogens with one attached hydrogen (secondary N) is 1. The second-order valence-electron chi connectivity index (χ2n) is 5.49. The summed E-state index contributed by atoms with van der Waals surface area (Å²) in [5, 5.41) is 3.37. The fourth-order valence-electron chi connectivity index (χ4n) is 3.00. The Balaban J connectivity index is 1.91. The Kier molecular flexibility index (Phi) is 4.09. The second-order valence-corrected chi connectivity index (χ2v) is 5.49. The van der Waals surface area contributed by atoms with Crippen LogP contribution in [0.3, 0.4) is 0 Å². The molecule has 1 aliphatic rings. The van der Waals surface area contributed by atoms with E-state index in [-0.39, 0.29) is 11.9 Å². The predicted molar refractivity (Wildman–Crippen MR) is 83.3 cm³/mol. The van der Waals surface area contributed by atoms with E-state index in [0.717, 1.165) is 19.3 Å². The van der Waals surface area contributed by atoms with Crippen LogP contribution in [0.2, 0.25) is 0 Å². The third-order valence-electron chi connectivity index (χ3n) is 4.12. The van der Waals surface area contributed by atoms with Crippen LogP contribution in [0.5, 0.6) is 5.75 Å². The standard InChI is InChI=1S/C18H20FNO/c1-21-14-10-11-16(19)18(12-14)20-17-9-5-3-7-13-6-2-4-8-15(13)17/h2,4,6,8,10-12,17,20H,3,5,7,9H2,1H3. The maximum Gasteiger partial charge on any atom is 0.146 e. The lowest BCUT2D eigenvalue weighted by Crippen LogP contribution is -2.12. The molecule has 0 aromatic heterocycles. The molecule has 1 unspecified atom stereocenters. The van der Waals surface area contributed by atoms with Crippen molar-refractivity contribution in [1.82, 2.24) is 0 Å². The Morgan fingerprint density at radius 1 is 1.14 bits per heavy atom. The van der Waals surface area contributed by atoms with Gasteiger partial charge in [0.15, 0.2) is 0 Å². The molecule has 3 heteroatoms. The number of anilines is 1. The van der Waals surface area contributed by atoms with Crippen molar-refractivity contribution in [2.24, 2.45) is 0 Å². The van der Waals surface area contributed by atoms with Crippen molar-refractivity contribution in [3.05, 3.63) is 59.4 Å². The molecule has 1 aliphatic carbocycles. The molecule has 0 heterocycles. The Hall–Kier alpha value is -2.03. The largest absolute Gasteiger partial charge is 0.497 e. The van der Waals surface area contributed by atoms with Gasteiger partial charge in [0.05, 0.1) is 18.8 Å². The van der Waals surface area contributed by atoms with E-state index in [2.05, 4.69) is 29.6 Å². The summed E-state index contributed by atoms with van der Waals surface area (Å²) < 4.78 is 19.2. The number of hydrogen-bond donors (Lipinski definition) is 1. The molecule has 1 atom stereocenters. The van der Waals surface area contributed by atoms with E-state index in [9.17, 15) is 4.39 Å². The smallest absolute Gasteiger partial charge is 0.146 e. The number of hydrogen-bond acceptors (Lipinski definition) is 2. The molecule has 2 aromatic carbocycles. The zero-order valence-corrected chi connectivity index (χ0v) is 12.2. The van der Waals surface area contributed by atoms with Crippen LogP contribution in [-0.2, 0) is 6.42 Å². The van der Waals surface area contributed by atoms with E-state index < -0.39 is 0 Å². The van der Waals surface area contributed by atoms with Crippen LogP contribution < -0.4 is 10.1 Å². The average Bonchev–Trinajstić information content (AvgIpc) is 2.72. The molecule has 2 aromatic rings. The van der Waals surface area contributed by atoms with E-state index >= 15 is 0 Å². The summed E-state index contributed by atoms with van der Waals surface area (Å²) in [4.78, 5) is 0. The summed E-state index contributed by atoms with van der Waals surface area (Å²) in [5.41, 5.74) is 3.17. The van der Waals surface area contributed by atoms with Gasteiger partial charge in [0, 0.05) is 6.07 Å². The zero-order valence-electron chi connectivity index (χ0n) is 12.2. The highest BCUT2D eigenvalue weighted by Gasteiger charge is 2.19. The Morgan fingerprint density at radius 2 is 2.00 bits per heavy atom. The lowest BCUT2D eigenvalue weighted by Gasteiger charge is -2.21. The van der Waals surface area contributed by atoms with Crippen LogP contribution in [0.15, 0.2) is 42.5 Å². The fraction of sp³-hybridized carbons (Fsp3) is 0.333. The van der Waals surface area contributed by atoms with Crippen LogP contribution in [-0.4, -0.2) is 7.11 Å². The Bertz CT molecular complexity index is 626.